The summed E-state index contributed by atoms with van der Waals surface area (Å²) in [5, 5.41) is 9.26. The number of carboxylic acid groups (broad SMARTS) is 1. The van der Waals surface area contributed by atoms with Crippen LogP contribution in [0.2, 0.25) is 5.02 Å². The summed E-state index contributed by atoms with van der Waals surface area (Å²) in [6.45, 7) is 0. The van der Waals surface area contributed by atoms with E-state index in [2.05, 4.69) is 9.97 Å². The van der Waals surface area contributed by atoms with Crippen molar-refractivity contribution in [3.05, 3.63) is 35.2 Å². The van der Waals surface area contributed by atoms with Crippen LogP contribution in [0.25, 0.3) is 11.3 Å². The molecule has 1 heterocycles. The van der Waals surface area contributed by atoms with Crippen molar-refractivity contribution in [1.29, 1.82) is 0 Å². The van der Waals surface area contributed by atoms with Crippen molar-refractivity contribution >= 4 is 17.6 Å². The van der Waals surface area contributed by atoms with Crippen LogP contribution >= 0.6 is 11.6 Å². The molecule has 2 N–H and O–H groups in total. The third-order valence-corrected chi connectivity index (χ3v) is 2.77. The number of carboxylic acids is 1. The fourth-order valence-corrected chi connectivity index (χ4v) is 1.93. The first kappa shape index (κ1) is 12.4. The molecule has 0 amide bonds. The lowest BCUT2D eigenvalue weighted by Crippen LogP contribution is -2.01. The van der Waals surface area contributed by atoms with Gasteiger partial charge < -0.3 is 14.8 Å². The van der Waals surface area contributed by atoms with Crippen LogP contribution < -0.4 is 4.74 Å². The molecular weight excluding hydrogens is 256 g/mol. The zero-order valence-corrected chi connectivity index (χ0v) is 10.4. The first-order chi connectivity index (χ1) is 8.61. The van der Waals surface area contributed by atoms with Crippen LogP contribution in [0.4, 0.5) is 0 Å². The second-order valence-corrected chi connectivity index (χ2v) is 4.06. The number of nitrogens with zero attached hydrogens (tertiary/aromatic N) is 1. The molecule has 1 aromatic carbocycles. The number of aliphatic carboxylic acids is 1. The molecule has 0 radical (unpaired) electrons. The van der Waals surface area contributed by atoms with Crippen LogP contribution in [0.1, 0.15) is 5.69 Å². The van der Waals surface area contributed by atoms with E-state index in [0.29, 0.717) is 22.2 Å². The Morgan fingerprint density at radius 1 is 1.56 bits per heavy atom. The number of imidazole rings is 1. The Hall–Kier alpha value is -2.01. The van der Waals surface area contributed by atoms with Gasteiger partial charge in [0.15, 0.2) is 0 Å². The Kier molecular flexibility index (Phi) is 3.53. The standard InChI is InChI=1S/C12H11ClN2O3/c1-18-10-3-2-7(4-8(10)13)12-9(5-11(16)17)14-6-15-12/h2-4,6H,5H2,1H3,(H,14,15)(H,16,17). The molecule has 0 aliphatic rings. The summed E-state index contributed by atoms with van der Waals surface area (Å²) >= 11 is 6.03. The Morgan fingerprint density at radius 2 is 2.33 bits per heavy atom. The van der Waals surface area contributed by atoms with Crippen LogP contribution in [0, 0.1) is 0 Å². The van der Waals surface area contributed by atoms with Gasteiger partial charge in [-0.05, 0) is 18.2 Å². The fraction of sp³-hybridized carbons (Fsp3) is 0.167. The maximum atomic E-state index is 10.7. The normalized spacial score (nSPS) is 10.3. The van der Waals surface area contributed by atoms with Gasteiger partial charge in [-0.1, -0.05) is 11.6 Å². The lowest BCUT2D eigenvalue weighted by Gasteiger charge is -2.05. The molecule has 0 saturated heterocycles. The molecule has 2 rings (SSSR count). The molecule has 0 saturated carbocycles. The largest absolute Gasteiger partial charge is 0.495 e. The Labute approximate surface area is 108 Å². The number of hydrogen-bond donors (Lipinski definition) is 2. The van der Waals surface area contributed by atoms with Crippen molar-refractivity contribution in [3.8, 4) is 17.0 Å². The highest BCUT2D eigenvalue weighted by Gasteiger charge is 2.13. The van der Waals surface area contributed by atoms with Gasteiger partial charge in [-0.25, -0.2) is 4.98 Å². The molecule has 1 aromatic heterocycles. The SMILES string of the molecule is COc1ccc(-c2nc[nH]c2CC(=O)O)cc1Cl. The second kappa shape index (κ2) is 5.10. The van der Waals surface area contributed by atoms with E-state index in [9.17, 15) is 4.79 Å². The number of nitrogens with one attached hydrogen (secondary N) is 1. The maximum Gasteiger partial charge on any atom is 0.309 e. The molecular formula is C12H11ClN2O3. The molecule has 5 nitrogen and oxygen atoms in total. The van der Waals surface area contributed by atoms with Crippen molar-refractivity contribution in [2.75, 3.05) is 7.11 Å². The van der Waals surface area contributed by atoms with Crippen LogP contribution in [0.5, 0.6) is 5.75 Å². The van der Waals surface area contributed by atoms with E-state index in [1.807, 2.05) is 0 Å². The number of aromatic nitrogens is 2. The number of ether oxygens (including phenoxy) is 1. The van der Waals surface area contributed by atoms with Crippen LogP contribution in [-0.4, -0.2) is 28.2 Å². The Balaban J connectivity index is 2.40. The van der Waals surface area contributed by atoms with Crippen LogP contribution in [0.15, 0.2) is 24.5 Å². The van der Waals surface area contributed by atoms with Gasteiger partial charge >= 0.3 is 5.97 Å². The van der Waals surface area contributed by atoms with E-state index in [0.717, 1.165) is 5.56 Å². The highest BCUT2D eigenvalue weighted by molar-refractivity contribution is 6.32. The van der Waals surface area contributed by atoms with Gasteiger partial charge in [0.05, 0.1) is 36.3 Å². The summed E-state index contributed by atoms with van der Waals surface area (Å²) in [5.74, 6) is -0.351. The van der Waals surface area contributed by atoms with E-state index in [1.54, 1.807) is 18.2 Å². The number of aromatic amines is 1. The zero-order valence-electron chi connectivity index (χ0n) is 9.61. The molecule has 6 heteroatoms. The molecule has 0 fully saturated rings. The van der Waals surface area contributed by atoms with Crippen molar-refractivity contribution in [2.45, 2.75) is 6.42 Å². The minimum atomic E-state index is -0.917. The third kappa shape index (κ3) is 2.46. The van der Waals surface area contributed by atoms with Crippen molar-refractivity contribution in [3.63, 3.8) is 0 Å². The molecule has 0 bridgehead atoms. The van der Waals surface area contributed by atoms with E-state index < -0.39 is 5.97 Å². The van der Waals surface area contributed by atoms with Gasteiger partial charge in [0.25, 0.3) is 0 Å². The summed E-state index contributed by atoms with van der Waals surface area (Å²) < 4.78 is 5.06. The Morgan fingerprint density at radius 3 is 2.94 bits per heavy atom. The number of carbonyl (C=O) groups is 1. The predicted octanol–water partition coefficient (Wildman–Crippen LogP) is 2.37. The predicted molar refractivity (Wildman–Crippen MR) is 66.9 cm³/mol. The summed E-state index contributed by atoms with van der Waals surface area (Å²) in [7, 11) is 1.53. The molecule has 0 aliphatic heterocycles. The summed E-state index contributed by atoms with van der Waals surface area (Å²) in [6.07, 6.45) is 1.35. The molecule has 0 spiro atoms. The number of benzene rings is 1. The zero-order chi connectivity index (χ0) is 13.1. The minimum absolute atomic E-state index is 0.112. The smallest absolute Gasteiger partial charge is 0.309 e. The molecule has 2 aromatic rings. The number of halogens is 1. The van der Waals surface area contributed by atoms with Crippen LogP contribution in [0.3, 0.4) is 0 Å². The summed E-state index contributed by atoms with van der Waals surface area (Å²) in [5.41, 5.74) is 1.88. The fourth-order valence-electron chi connectivity index (χ4n) is 1.67. The van der Waals surface area contributed by atoms with Gasteiger partial charge in [-0.3, -0.25) is 4.79 Å². The third-order valence-electron chi connectivity index (χ3n) is 2.47. The second-order valence-electron chi connectivity index (χ2n) is 3.65. The average Bonchev–Trinajstić information content (AvgIpc) is 2.76. The number of H-pyrrole nitrogens is 1. The highest BCUT2D eigenvalue weighted by atomic mass is 35.5. The molecule has 18 heavy (non-hydrogen) atoms. The quantitative estimate of drug-likeness (QED) is 0.891. The van der Waals surface area contributed by atoms with Crippen molar-refractivity contribution in [2.24, 2.45) is 0 Å². The van der Waals surface area contributed by atoms with Gasteiger partial charge in [-0.2, -0.15) is 0 Å². The molecule has 0 atom stereocenters. The first-order valence-corrected chi connectivity index (χ1v) is 5.57. The number of hydrogen-bond acceptors (Lipinski definition) is 3. The maximum absolute atomic E-state index is 10.7. The average molecular weight is 267 g/mol. The molecule has 0 unspecified atom stereocenters. The minimum Gasteiger partial charge on any atom is -0.495 e. The lowest BCUT2D eigenvalue weighted by molar-refractivity contribution is -0.136. The van der Waals surface area contributed by atoms with Gasteiger partial charge in [0.2, 0.25) is 0 Å². The van der Waals surface area contributed by atoms with Crippen molar-refractivity contribution < 1.29 is 14.6 Å². The van der Waals surface area contributed by atoms with Gasteiger partial charge in [-0.15, -0.1) is 0 Å². The van der Waals surface area contributed by atoms with E-state index in [-0.39, 0.29) is 6.42 Å². The number of rotatable bonds is 4. The van der Waals surface area contributed by atoms with Gasteiger partial charge in [0, 0.05) is 5.56 Å². The molecule has 94 valence electrons. The highest BCUT2D eigenvalue weighted by Crippen LogP contribution is 2.30. The van der Waals surface area contributed by atoms with Crippen molar-refractivity contribution in [1.82, 2.24) is 9.97 Å². The van der Waals surface area contributed by atoms with E-state index >= 15 is 0 Å². The molecule has 0 aliphatic carbocycles. The topological polar surface area (TPSA) is 75.2 Å². The summed E-state index contributed by atoms with van der Waals surface area (Å²) in [6, 6.07) is 5.20. The van der Waals surface area contributed by atoms with E-state index in [1.165, 1.54) is 13.4 Å². The first-order valence-electron chi connectivity index (χ1n) is 5.19. The van der Waals surface area contributed by atoms with Crippen LogP contribution in [-0.2, 0) is 11.2 Å². The Bertz CT molecular complexity index is 580. The monoisotopic (exact) mass is 266 g/mol. The summed E-state index contributed by atoms with van der Waals surface area (Å²) in [4.78, 5) is 17.7. The van der Waals surface area contributed by atoms with E-state index in [4.69, 9.17) is 21.4 Å². The van der Waals surface area contributed by atoms with Gasteiger partial charge in [0.1, 0.15) is 5.75 Å². The number of methoxy groups -OCH3 is 1. The lowest BCUT2D eigenvalue weighted by atomic mass is 10.1.